The summed E-state index contributed by atoms with van der Waals surface area (Å²) < 4.78 is 11.0. The van der Waals surface area contributed by atoms with E-state index in [9.17, 15) is 4.79 Å². The average molecular weight is 306 g/mol. The van der Waals surface area contributed by atoms with Gasteiger partial charge in [0.1, 0.15) is 5.75 Å². The van der Waals surface area contributed by atoms with Crippen LogP contribution in [-0.4, -0.2) is 31.9 Å². The van der Waals surface area contributed by atoms with Crippen molar-refractivity contribution in [2.45, 2.75) is 39.7 Å². The Kier molecular flexibility index (Phi) is 6.07. The van der Waals surface area contributed by atoms with Gasteiger partial charge in [0.25, 0.3) is 0 Å². The lowest BCUT2D eigenvalue weighted by Gasteiger charge is -2.27. The van der Waals surface area contributed by atoms with Crippen molar-refractivity contribution in [2.24, 2.45) is 5.92 Å². The molecule has 0 aliphatic carbocycles. The largest absolute Gasteiger partial charge is 0.494 e. The van der Waals surface area contributed by atoms with Crippen molar-refractivity contribution in [3.8, 4) is 5.75 Å². The monoisotopic (exact) mass is 306 g/mol. The van der Waals surface area contributed by atoms with Gasteiger partial charge in [0.05, 0.1) is 12.7 Å². The zero-order chi connectivity index (χ0) is 15.9. The number of anilines is 1. The van der Waals surface area contributed by atoms with Gasteiger partial charge in [0.15, 0.2) is 0 Å². The summed E-state index contributed by atoms with van der Waals surface area (Å²) >= 11 is 0. The second-order valence-electron chi connectivity index (χ2n) is 5.82. The summed E-state index contributed by atoms with van der Waals surface area (Å²) in [6.07, 6.45) is 2.30. The second-order valence-corrected chi connectivity index (χ2v) is 5.82. The van der Waals surface area contributed by atoms with E-state index >= 15 is 0 Å². The first kappa shape index (κ1) is 16.6. The molecule has 1 saturated heterocycles. The Balaban J connectivity index is 1.80. The molecule has 1 fully saturated rings. The minimum atomic E-state index is -0.164. The van der Waals surface area contributed by atoms with Crippen LogP contribution in [0.25, 0.3) is 0 Å². The van der Waals surface area contributed by atoms with Crippen LogP contribution >= 0.6 is 0 Å². The van der Waals surface area contributed by atoms with E-state index in [-0.39, 0.29) is 12.1 Å². The Hall–Kier alpha value is -1.75. The fraction of sp³-hybridized carbons (Fsp3) is 0.588. The molecule has 5 heteroatoms. The lowest BCUT2D eigenvalue weighted by atomic mass is 9.96. The summed E-state index contributed by atoms with van der Waals surface area (Å²) in [5, 5.41) is 5.81. The van der Waals surface area contributed by atoms with E-state index in [1.54, 1.807) is 0 Å². The predicted octanol–water partition coefficient (Wildman–Crippen LogP) is 3.33. The molecule has 22 heavy (non-hydrogen) atoms. The summed E-state index contributed by atoms with van der Waals surface area (Å²) in [5.41, 5.74) is 1.79. The third kappa shape index (κ3) is 4.91. The quantitative estimate of drug-likeness (QED) is 0.877. The highest BCUT2D eigenvalue weighted by Gasteiger charge is 2.19. The van der Waals surface area contributed by atoms with Gasteiger partial charge >= 0.3 is 6.03 Å². The molecule has 0 spiro atoms. The van der Waals surface area contributed by atoms with E-state index in [1.165, 1.54) is 0 Å². The summed E-state index contributed by atoms with van der Waals surface area (Å²) in [6, 6.07) is 5.49. The number of ether oxygens (including phenoxy) is 2. The van der Waals surface area contributed by atoms with Crippen LogP contribution in [0.2, 0.25) is 0 Å². The van der Waals surface area contributed by atoms with Gasteiger partial charge in [-0.1, -0.05) is 0 Å². The molecular formula is C17H26N2O3. The van der Waals surface area contributed by atoms with Crippen LogP contribution in [0.5, 0.6) is 5.75 Å². The molecule has 1 aliphatic heterocycles. The molecule has 2 amide bonds. The van der Waals surface area contributed by atoms with Gasteiger partial charge < -0.3 is 20.1 Å². The fourth-order valence-electron chi connectivity index (χ4n) is 2.73. The van der Waals surface area contributed by atoms with Crippen LogP contribution < -0.4 is 15.4 Å². The Morgan fingerprint density at radius 1 is 1.45 bits per heavy atom. The molecule has 1 aliphatic rings. The van der Waals surface area contributed by atoms with E-state index in [0.717, 1.165) is 36.4 Å². The standard InChI is InChI=1S/C17H26N2O3/c1-4-21-16-6-5-15(9-12(16)2)19-17(20)18-11-14-7-8-22-13(3)10-14/h5-6,9,13-14H,4,7-8,10-11H2,1-3H3,(H2,18,19,20)/t13-,14+/m1/s1. The minimum absolute atomic E-state index is 0.164. The van der Waals surface area contributed by atoms with Gasteiger partial charge in [-0.3, -0.25) is 0 Å². The molecule has 5 nitrogen and oxygen atoms in total. The van der Waals surface area contributed by atoms with Crippen LogP contribution in [0.3, 0.4) is 0 Å². The highest BCUT2D eigenvalue weighted by atomic mass is 16.5. The molecule has 0 radical (unpaired) electrons. The van der Waals surface area contributed by atoms with E-state index in [0.29, 0.717) is 19.1 Å². The highest BCUT2D eigenvalue weighted by molar-refractivity contribution is 5.89. The van der Waals surface area contributed by atoms with Crippen LogP contribution in [0.4, 0.5) is 10.5 Å². The summed E-state index contributed by atoms with van der Waals surface area (Å²) in [5.74, 6) is 1.35. The molecular weight excluding hydrogens is 280 g/mol. The lowest BCUT2D eigenvalue weighted by molar-refractivity contribution is 0.00354. The van der Waals surface area contributed by atoms with Gasteiger partial charge in [0.2, 0.25) is 0 Å². The van der Waals surface area contributed by atoms with Crippen molar-refractivity contribution in [1.29, 1.82) is 0 Å². The van der Waals surface area contributed by atoms with Gasteiger partial charge in [-0.15, -0.1) is 0 Å². The number of benzene rings is 1. The molecule has 1 aromatic rings. The smallest absolute Gasteiger partial charge is 0.319 e. The number of hydrogen-bond acceptors (Lipinski definition) is 3. The first-order chi connectivity index (χ1) is 10.6. The molecule has 2 rings (SSSR count). The first-order valence-electron chi connectivity index (χ1n) is 7.98. The number of aryl methyl sites for hydroxylation is 1. The normalized spacial score (nSPS) is 21.2. The first-order valence-corrected chi connectivity index (χ1v) is 7.98. The Bertz CT molecular complexity index is 505. The zero-order valence-corrected chi connectivity index (χ0v) is 13.6. The summed E-state index contributed by atoms with van der Waals surface area (Å²) in [4.78, 5) is 12.0. The van der Waals surface area contributed by atoms with Crippen molar-refractivity contribution < 1.29 is 14.3 Å². The number of hydrogen-bond donors (Lipinski definition) is 2. The number of carbonyl (C=O) groups excluding carboxylic acids is 1. The molecule has 0 aromatic heterocycles. The zero-order valence-electron chi connectivity index (χ0n) is 13.6. The second kappa shape index (κ2) is 8.03. The van der Waals surface area contributed by atoms with Crippen LogP contribution in [0.15, 0.2) is 18.2 Å². The van der Waals surface area contributed by atoms with Crippen molar-refractivity contribution in [3.05, 3.63) is 23.8 Å². The van der Waals surface area contributed by atoms with Crippen molar-refractivity contribution in [3.63, 3.8) is 0 Å². The SMILES string of the molecule is CCOc1ccc(NC(=O)NC[C@H]2CCO[C@H](C)C2)cc1C. The molecule has 2 N–H and O–H groups in total. The number of rotatable bonds is 5. The molecule has 0 bridgehead atoms. The molecule has 2 atom stereocenters. The van der Waals surface area contributed by atoms with E-state index < -0.39 is 0 Å². The van der Waals surface area contributed by atoms with E-state index in [1.807, 2.05) is 32.0 Å². The predicted molar refractivity (Wildman–Crippen MR) is 87.5 cm³/mol. The third-order valence-corrected chi connectivity index (χ3v) is 3.88. The maximum absolute atomic E-state index is 12.0. The Labute approximate surface area is 132 Å². The van der Waals surface area contributed by atoms with Crippen LogP contribution in [-0.2, 0) is 4.74 Å². The molecule has 0 saturated carbocycles. The molecule has 0 unspecified atom stereocenters. The average Bonchev–Trinajstić information content (AvgIpc) is 2.48. The topological polar surface area (TPSA) is 59.6 Å². The van der Waals surface area contributed by atoms with Crippen molar-refractivity contribution in [2.75, 3.05) is 25.1 Å². The Morgan fingerprint density at radius 3 is 2.95 bits per heavy atom. The maximum Gasteiger partial charge on any atom is 0.319 e. The van der Waals surface area contributed by atoms with E-state index in [4.69, 9.17) is 9.47 Å². The van der Waals surface area contributed by atoms with Gasteiger partial charge in [-0.25, -0.2) is 4.79 Å². The third-order valence-electron chi connectivity index (χ3n) is 3.88. The maximum atomic E-state index is 12.0. The number of urea groups is 1. The van der Waals surface area contributed by atoms with Crippen LogP contribution in [0, 0.1) is 12.8 Å². The van der Waals surface area contributed by atoms with Crippen molar-refractivity contribution >= 4 is 11.7 Å². The number of nitrogens with one attached hydrogen (secondary N) is 2. The summed E-state index contributed by atoms with van der Waals surface area (Å²) in [6.45, 7) is 8.11. The Morgan fingerprint density at radius 2 is 2.27 bits per heavy atom. The minimum Gasteiger partial charge on any atom is -0.494 e. The fourth-order valence-corrected chi connectivity index (χ4v) is 2.73. The number of amides is 2. The van der Waals surface area contributed by atoms with Gasteiger partial charge in [0, 0.05) is 18.8 Å². The van der Waals surface area contributed by atoms with Gasteiger partial charge in [-0.2, -0.15) is 0 Å². The molecule has 1 heterocycles. The molecule has 122 valence electrons. The lowest BCUT2D eigenvalue weighted by Crippen LogP contribution is -2.36. The molecule has 1 aromatic carbocycles. The van der Waals surface area contributed by atoms with E-state index in [2.05, 4.69) is 17.6 Å². The van der Waals surface area contributed by atoms with Gasteiger partial charge in [-0.05, 0) is 63.3 Å². The van der Waals surface area contributed by atoms with Crippen LogP contribution in [0.1, 0.15) is 32.3 Å². The summed E-state index contributed by atoms with van der Waals surface area (Å²) in [7, 11) is 0. The highest BCUT2D eigenvalue weighted by Crippen LogP contribution is 2.22. The number of carbonyl (C=O) groups is 1. The van der Waals surface area contributed by atoms with Crippen molar-refractivity contribution in [1.82, 2.24) is 5.32 Å².